The zero-order valence-electron chi connectivity index (χ0n) is 20.4. The Balaban J connectivity index is 1.79. The topological polar surface area (TPSA) is 113 Å². The van der Waals surface area contributed by atoms with Gasteiger partial charge in [-0.1, -0.05) is 24.3 Å². The van der Waals surface area contributed by atoms with E-state index in [1.165, 1.54) is 11.1 Å². The van der Waals surface area contributed by atoms with Crippen molar-refractivity contribution in [3.8, 4) is 0 Å². The van der Waals surface area contributed by atoms with Gasteiger partial charge in [0.05, 0.1) is 18.5 Å². The van der Waals surface area contributed by atoms with Crippen LogP contribution in [0.25, 0.3) is 0 Å². The molecule has 1 aromatic carbocycles. The van der Waals surface area contributed by atoms with Gasteiger partial charge >= 0.3 is 0 Å². The van der Waals surface area contributed by atoms with Gasteiger partial charge in [0.1, 0.15) is 0 Å². The van der Waals surface area contributed by atoms with Crippen molar-refractivity contribution in [2.24, 2.45) is 17.4 Å². The number of hydrogen-bond donors (Lipinski definition) is 6. The summed E-state index contributed by atoms with van der Waals surface area (Å²) in [4.78, 5) is 2.25. The molecule has 0 amide bonds. The fraction of sp³-hybridized carbons (Fsp3) is 0.750. The highest BCUT2D eigenvalue weighted by molar-refractivity contribution is 5.26. The van der Waals surface area contributed by atoms with E-state index in [0.717, 1.165) is 39.1 Å². The molecule has 0 saturated carbocycles. The summed E-state index contributed by atoms with van der Waals surface area (Å²) in [7, 11) is 2.11. The van der Waals surface area contributed by atoms with Crippen molar-refractivity contribution in [3.05, 3.63) is 35.4 Å². The molecule has 2 aliphatic rings. The average Bonchev–Trinajstić information content (AvgIpc) is 2.73. The lowest BCUT2D eigenvalue weighted by molar-refractivity contribution is 0.0514. The number of nitrogens with one attached hydrogen (secondary N) is 4. The molecule has 8 nitrogen and oxygen atoms in total. The van der Waals surface area contributed by atoms with Gasteiger partial charge in [0.15, 0.2) is 0 Å². The van der Waals surface area contributed by atoms with Gasteiger partial charge in [0, 0.05) is 56.9 Å². The Hall–Kier alpha value is -1.10. The Bertz CT molecular complexity index is 689. The second-order valence-electron chi connectivity index (χ2n) is 10.3. The number of likely N-dealkylation sites (N-methyl/N-ethyl adjacent to an activating group) is 1. The van der Waals surface area contributed by atoms with Crippen LogP contribution >= 0.6 is 0 Å². The quantitative estimate of drug-likeness (QED) is 0.327. The van der Waals surface area contributed by atoms with E-state index in [9.17, 15) is 0 Å². The molecule has 0 bridgehead atoms. The van der Waals surface area contributed by atoms with Crippen molar-refractivity contribution in [1.29, 1.82) is 0 Å². The van der Waals surface area contributed by atoms with Crippen LogP contribution in [0, 0.1) is 5.92 Å². The summed E-state index contributed by atoms with van der Waals surface area (Å²) in [5, 5.41) is 15.3. The van der Waals surface area contributed by atoms with Crippen molar-refractivity contribution < 1.29 is 4.74 Å². The van der Waals surface area contributed by atoms with Crippen molar-refractivity contribution in [2.45, 2.75) is 70.2 Å². The van der Waals surface area contributed by atoms with Gasteiger partial charge in [-0.2, -0.15) is 0 Å². The minimum atomic E-state index is -0.0248. The Labute approximate surface area is 194 Å². The van der Waals surface area contributed by atoms with Gasteiger partial charge in [-0.05, 0) is 51.8 Å². The number of ether oxygens (including phenoxy) is 1. The monoisotopic (exact) mass is 447 g/mol. The number of benzene rings is 1. The maximum Gasteiger partial charge on any atom is 0.0859 e. The van der Waals surface area contributed by atoms with Gasteiger partial charge in [0.2, 0.25) is 0 Å². The van der Waals surface area contributed by atoms with E-state index in [1.54, 1.807) is 0 Å². The second kappa shape index (κ2) is 11.9. The van der Waals surface area contributed by atoms with Crippen LogP contribution < -0.4 is 32.7 Å². The van der Waals surface area contributed by atoms with Crippen LogP contribution in [0.15, 0.2) is 24.3 Å². The van der Waals surface area contributed by atoms with Crippen molar-refractivity contribution in [1.82, 2.24) is 26.2 Å². The van der Waals surface area contributed by atoms with Gasteiger partial charge in [0.25, 0.3) is 0 Å². The minimum absolute atomic E-state index is 0.0229. The summed E-state index contributed by atoms with van der Waals surface area (Å²) in [6.07, 6.45) is 2.29. The first kappa shape index (κ1) is 25.5. The number of nitrogens with zero attached hydrogens (tertiary/aromatic N) is 1. The van der Waals surface area contributed by atoms with Gasteiger partial charge in [-0.15, -0.1) is 0 Å². The molecule has 3 rings (SSSR count). The molecular weight excluding hydrogens is 402 g/mol. The summed E-state index contributed by atoms with van der Waals surface area (Å²) < 4.78 is 5.56. The van der Waals surface area contributed by atoms with Crippen LogP contribution in [0.3, 0.4) is 0 Å². The molecule has 0 aliphatic carbocycles. The fourth-order valence-corrected chi connectivity index (χ4v) is 4.70. The zero-order chi connectivity index (χ0) is 23.1. The molecule has 32 heavy (non-hydrogen) atoms. The SMILES string of the molecule is CN(CCN)Cc1cccc(C2NC(NC3CCOCC3)C(CN)C(NC(C)(C)C)N2)c1. The molecule has 2 fully saturated rings. The predicted octanol–water partition coefficient (Wildman–Crippen LogP) is 0.652. The molecule has 1 aromatic rings. The number of nitrogens with two attached hydrogens (primary N) is 2. The number of rotatable bonds is 9. The van der Waals surface area contributed by atoms with Gasteiger partial charge in [-0.3, -0.25) is 21.3 Å². The molecular formula is C24H45N7O. The highest BCUT2D eigenvalue weighted by atomic mass is 16.5. The molecule has 0 aromatic heterocycles. The summed E-state index contributed by atoms with van der Waals surface area (Å²) in [5.41, 5.74) is 14.5. The number of hydrogen-bond acceptors (Lipinski definition) is 8. The second-order valence-corrected chi connectivity index (χ2v) is 10.3. The Morgan fingerprint density at radius 1 is 1.12 bits per heavy atom. The standard InChI is InChI=1S/C24H45N7O/c1-24(2,3)30-23-20(15-26)22(27-19-8-12-32-13-9-19)28-21(29-23)18-7-5-6-17(14-18)16-31(4)11-10-25/h5-7,14,19-23,27-30H,8-13,15-16,25-26H2,1-4H3. The highest BCUT2D eigenvalue weighted by Gasteiger charge is 2.39. The first-order chi connectivity index (χ1) is 15.3. The Morgan fingerprint density at radius 2 is 1.84 bits per heavy atom. The van der Waals surface area contributed by atoms with Gasteiger partial charge < -0.3 is 21.1 Å². The zero-order valence-corrected chi connectivity index (χ0v) is 20.4. The van der Waals surface area contributed by atoms with E-state index < -0.39 is 0 Å². The van der Waals surface area contributed by atoms with Crippen LogP contribution in [-0.4, -0.2) is 68.7 Å². The van der Waals surface area contributed by atoms with Crippen molar-refractivity contribution in [3.63, 3.8) is 0 Å². The lowest BCUT2D eigenvalue weighted by Gasteiger charge is -2.47. The van der Waals surface area contributed by atoms with Crippen LogP contribution in [-0.2, 0) is 11.3 Å². The van der Waals surface area contributed by atoms with E-state index in [1.807, 2.05) is 0 Å². The van der Waals surface area contributed by atoms with Crippen LogP contribution in [0.1, 0.15) is 50.9 Å². The summed E-state index contributed by atoms with van der Waals surface area (Å²) >= 11 is 0. The van der Waals surface area contributed by atoms with E-state index in [2.05, 4.69) is 78.3 Å². The fourth-order valence-electron chi connectivity index (χ4n) is 4.70. The lowest BCUT2D eigenvalue weighted by Crippen LogP contribution is -2.71. The first-order valence-corrected chi connectivity index (χ1v) is 12.1. The van der Waals surface area contributed by atoms with Crippen LogP contribution in [0.2, 0.25) is 0 Å². The normalized spacial score (nSPS) is 27.7. The minimum Gasteiger partial charge on any atom is -0.381 e. The maximum absolute atomic E-state index is 6.30. The molecule has 4 unspecified atom stereocenters. The van der Waals surface area contributed by atoms with E-state index >= 15 is 0 Å². The summed E-state index contributed by atoms with van der Waals surface area (Å²) in [6.45, 7) is 11.3. The van der Waals surface area contributed by atoms with E-state index in [4.69, 9.17) is 16.2 Å². The van der Waals surface area contributed by atoms with E-state index in [-0.39, 0.29) is 30.0 Å². The highest BCUT2D eigenvalue weighted by Crippen LogP contribution is 2.24. The molecule has 2 aliphatic heterocycles. The maximum atomic E-state index is 6.30. The third-order valence-electron chi connectivity index (χ3n) is 6.29. The molecule has 4 atom stereocenters. The third kappa shape index (κ3) is 7.46. The Kier molecular flexibility index (Phi) is 9.45. The summed E-state index contributed by atoms with van der Waals surface area (Å²) in [5.74, 6) is 0.215. The molecule has 2 saturated heterocycles. The summed E-state index contributed by atoms with van der Waals surface area (Å²) in [6, 6.07) is 9.26. The smallest absolute Gasteiger partial charge is 0.0859 e. The van der Waals surface area contributed by atoms with Crippen LogP contribution in [0.4, 0.5) is 0 Å². The molecule has 0 spiro atoms. The molecule has 2 heterocycles. The third-order valence-corrected chi connectivity index (χ3v) is 6.29. The van der Waals surface area contributed by atoms with Crippen LogP contribution in [0.5, 0.6) is 0 Å². The van der Waals surface area contributed by atoms with Gasteiger partial charge in [-0.25, -0.2) is 0 Å². The molecule has 182 valence electrons. The van der Waals surface area contributed by atoms with E-state index in [0.29, 0.717) is 19.1 Å². The molecule has 8 N–H and O–H groups in total. The molecule has 8 heteroatoms. The van der Waals surface area contributed by atoms with Crippen molar-refractivity contribution >= 4 is 0 Å². The average molecular weight is 448 g/mol. The molecule has 0 radical (unpaired) electrons. The Morgan fingerprint density at radius 3 is 2.50 bits per heavy atom. The first-order valence-electron chi connectivity index (χ1n) is 12.1. The predicted molar refractivity (Wildman–Crippen MR) is 131 cm³/mol. The van der Waals surface area contributed by atoms with Crippen molar-refractivity contribution in [2.75, 3.05) is 39.9 Å². The largest absolute Gasteiger partial charge is 0.381 e. The lowest BCUT2D eigenvalue weighted by atomic mass is 9.93.